The van der Waals surface area contributed by atoms with E-state index in [9.17, 15) is 14.4 Å². The molecule has 4 heterocycles. The highest BCUT2D eigenvalue weighted by molar-refractivity contribution is 6.15. The molecule has 0 bridgehead atoms. The molecule has 0 aromatic heterocycles. The standard InChI is InChI=1S/C25H25N3O4/c29-22-20-19(13-15-7-2-1-3-8-15)27-25(17-10-4-5-11-18(17)26-24(25)31)21(20)23(30)28(22)14-16-9-6-12-32-16/h1-5,7-8,10-11,16,19-21,27H,6,9,12-14H2,(H,26,31)/t16-,19+,20+,21+,25+/m0/s1. The summed E-state index contributed by atoms with van der Waals surface area (Å²) in [4.78, 5) is 42.1. The molecule has 0 unspecified atom stereocenters. The summed E-state index contributed by atoms with van der Waals surface area (Å²) < 4.78 is 5.71. The molecule has 7 nitrogen and oxygen atoms in total. The Kier molecular flexibility index (Phi) is 4.45. The van der Waals surface area contributed by atoms with Crippen molar-refractivity contribution in [2.75, 3.05) is 18.5 Å². The Morgan fingerprint density at radius 3 is 2.56 bits per heavy atom. The second-order valence-corrected chi connectivity index (χ2v) is 9.17. The third-order valence-corrected chi connectivity index (χ3v) is 7.42. The van der Waals surface area contributed by atoms with E-state index in [0.717, 1.165) is 24.0 Å². The monoisotopic (exact) mass is 431 g/mol. The van der Waals surface area contributed by atoms with Crippen molar-refractivity contribution < 1.29 is 19.1 Å². The van der Waals surface area contributed by atoms with Gasteiger partial charge in [0.1, 0.15) is 5.54 Å². The molecule has 0 aliphatic carbocycles. The lowest BCUT2D eigenvalue weighted by Gasteiger charge is -2.30. The number of carbonyl (C=O) groups excluding carboxylic acids is 3. The molecule has 0 saturated carbocycles. The summed E-state index contributed by atoms with van der Waals surface area (Å²) in [6.45, 7) is 0.924. The van der Waals surface area contributed by atoms with Crippen LogP contribution in [0.25, 0.3) is 0 Å². The first kappa shape index (κ1) is 19.6. The highest BCUT2D eigenvalue weighted by Crippen LogP contribution is 2.53. The Balaban J connectivity index is 1.43. The predicted octanol–water partition coefficient (Wildman–Crippen LogP) is 1.83. The Bertz CT molecular complexity index is 1100. The number of carbonyl (C=O) groups is 3. The van der Waals surface area contributed by atoms with Crippen LogP contribution in [0.5, 0.6) is 0 Å². The molecule has 5 atom stereocenters. The first-order valence-corrected chi connectivity index (χ1v) is 11.3. The molecule has 4 aliphatic heterocycles. The number of ether oxygens (including phenoxy) is 1. The molecule has 2 aromatic carbocycles. The van der Waals surface area contributed by atoms with Crippen molar-refractivity contribution in [1.29, 1.82) is 0 Å². The number of hydrogen-bond donors (Lipinski definition) is 2. The van der Waals surface area contributed by atoms with E-state index in [2.05, 4.69) is 10.6 Å². The van der Waals surface area contributed by atoms with E-state index in [1.165, 1.54) is 4.90 Å². The summed E-state index contributed by atoms with van der Waals surface area (Å²) in [6.07, 6.45) is 2.22. The first-order valence-electron chi connectivity index (χ1n) is 11.3. The van der Waals surface area contributed by atoms with Crippen LogP contribution in [0, 0.1) is 11.8 Å². The second kappa shape index (κ2) is 7.25. The van der Waals surface area contributed by atoms with Gasteiger partial charge in [-0.2, -0.15) is 0 Å². The molecular formula is C25H25N3O4. The fourth-order valence-electron chi connectivity index (χ4n) is 6.03. The fourth-order valence-corrected chi connectivity index (χ4v) is 6.03. The molecule has 7 heteroatoms. The SMILES string of the molecule is O=C1[C@@H]2[C@@H](Cc3ccccc3)N[C@@]3(C(=O)Nc4ccccc43)[C@H]2C(=O)N1C[C@@H]1CCCO1. The van der Waals surface area contributed by atoms with E-state index in [1.807, 2.05) is 54.6 Å². The summed E-state index contributed by atoms with van der Waals surface area (Å²) in [6, 6.07) is 17.0. The number of benzene rings is 2. The highest BCUT2D eigenvalue weighted by atomic mass is 16.5. The van der Waals surface area contributed by atoms with Crippen LogP contribution < -0.4 is 10.6 Å². The van der Waals surface area contributed by atoms with Crippen LogP contribution in [-0.4, -0.2) is 47.9 Å². The van der Waals surface area contributed by atoms with Gasteiger partial charge in [0, 0.05) is 23.9 Å². The summed E-state index contributed by atoms with van der Waals surface area (Å²) >= 11 is 0. The lowest BCUT2D eigenvalue weighted by Crippen LogP contribution is -2.54. The number of likely N-dealkylation sites (tertiary alicyclic amines) is 1. The number of para-hydroxylation sites is 1. The second-order valence-electron chi connectivity index (χ2n) is 9.17. The van der Waals surface area contributed by atoms with Gasteiger partial charge in [-0.25, -0.2) is 0 Å². The zero-order valence-corrected chi connectivity index (χ0v) is 17.6. The third-order valence-electron chi connectivity index (χ3n) is 7.42. The number of rotatable bonds is 4. The summed E-state index contributed by atoms with van der Waals surface area (Å²) in [5.74, 6) is -2.09. The van der Waals surface area contributed by atoms with Crippen molar-refractivity contribution in [3.05, 3.63) is 65.7 Å². The molecule has 164 valence electrons. The van der Waals surface area contributed by atoms with E-state index in [1.54, 1.807) is 0 Å². The Labute approximate surface area is 186 Å². The minimum absolute atomic E-state index is 0.122. The van der Waals surface area contributed by atoms with Gasteiger partial charge in [0.15, 0.2) is 0 Å². The van der Waals surface area contributed by atoms with Crippen molar-refractivity contribution in [2.45, 2.75) is 36.9 Å². The third kappa shape index (κ3) is 2.71. The van der Waals surface area contributed by atoms with Crippen molar-refractivity contribution in [3.8, 4) is 0 Å². The molecule has 3 fully saturated rings. The molecule has 3 saturated heterocycles. The van der Waals surface area contributed by atoms with Gasteiger partial charge in [0.05, 0.1) is 24.5 Å². The van der Waals surface area contributed by atoms with Gasteiger partial charge in [0.2, 0.25) is 17.7 Å². The quantitative estimate of drug-likeness (QED) is 0.722. The van der Waals surface area contributed by atoms with Crippen LogP contribution in [0.1, 0.15) is 24.0 Å². The van der Waals surface area contributed by atoms with Crippen molar-refractivity contribution in [1.82, 2.24) is 10.2 Å². The van der Waals surface area contributed by atoms with Gasteiger partial charge >= 0.3 is 0 Å². The maximum Gasteiger partial charge on any atom is 0.250 e. The largest absolute Gasteiger partial charge is 0.376 e. The van der Waals surface area contributed by atoms with Crippen LogP contribution in [-0.2, 0) is 31.1 Å². The number of nitrogens with one attached hydrogen (secondary N) is 2. The van der Waals surface area contributed by atoms with E-state index in [4.69, 9.17) is 4.74 Å². The average molecular weight is 431 g/mol. The smallest absolute Gasteiger partial charge is 0.250 e. The topological polar surface area (TPSA) is 87.7 Å². The minimum Gasteiger partial charge on any atom is -0.376 e. The van der Waals surface area contributed by atoms with Gasteiger partial charge in [-0.15, -0.1) is 0 Å². The molecular weight excluding hydrogens is 406 g/mol. The Morgan fingerprint density at radius 2 is 1.78 bits per heavy atom. The summed E-state index contributed by atoms with van der Waals surface area (Å²) in [7, 11) is 0. The number of nitrogens with zero attached hydrogens (tertiary/aromatic N) is 1. The summed E-state index contributed by atoms with van der Waals surface area (Å²) in [5, 5.41) is 6.43. The molecule has 2 N–H and O–H groups in total. The van der Waals surface area contributed by atoms with Crippen molar-refractivity contribution in [2.24, 2.45) is 11.8 Å². The molecule has 1 spiro atoms. The maximum atomic E-state index is 13.7. The van der Waals surface area contributed by atoms with Crippen molar-refractivity contribution in [3.63, 3.8) is 0 Å². The summed E-state index contributed by atoms with van der Waals surface area (Å²) in [5.41, 5.74) is 1.27. The van der Waals surface area contributed by atoms with Crippen LogP contribution in [0.2, 0.25) is 0 Å². The Hall–Kier alpha value is -3.03. The minimum atomic E-state index is -1.24. The van der Waals surface area contributed by atoms with E-state index in [-0.39, 0.29) is 36.4 Å². The van der Waals surface area contributed by atoms with Crippen molar-refractivity contribution >= 4 is 23.4 Å². The lowest BCUT2D eigenvalue weighted by atomic mass is 9.76. The first-order chi connectivity index (χ1) is 15.6. The van der Waals surface area contributed by atoms with E-state index >= 15 is 0 Å². The predicted molar refractivity (Wildman–Crippen MR) is 116 cm³/mol. The molecule has 3 amide bonds. The van der Waals surface area contributed by atoms with Gasteiger partial charge in [0.25, 0.3) is 0 Å². The van der Waals surface area contributed by atoms with Crippen LogP contribution in [0.15, 0.2) is 54.6 Å². The molecule has 0 radical (unpaired) electrons. The van der Waals surface area contributed by atoms with Crippen LogP contribution in [0.3, 0.4) is 0 Å². The molecule has 4 aliphatic rings. The molecule has 6 rings (SSSR count). The fraction of sp³-hybridized carbons (Fsp3) is 0.400. The normalized spacial score (nSPS) is 33.1. The zero-order chi connectivity index (χ0) is 21.9. The number of anilines is 1. The lowest BCUT2D eigenvalue weighted by molar-refractivity contribution is -0.144. The number of fused-ring (bicyclic) bond motifs is 4. The van der Waals surface area contributed by atoms with Gasteiger partial charge in [-0.1, -0.05) is 48.5 Å². The van der Waals surface area contributed by atoms with Crippen LogP contribution in [0.4, 0.5) is 5.69 Å². The van der Waals surface area contributed by atoms with Gasteiger partial charge in [-0.05, 0) is 30.9 Å². The maximum absolute atomic E-state index is 13.7. The highest BCUT2D eigenvalue weighted by Gasteiger charge is 2.70. The molecule has 32 heavy (non-hydrogen) atoms. The average Bonchev–Trinajstić information content (AvgIpc) is 3.54. The van der Waals surface area contributed by atoms with E-state index < -0.39 is 17.4 Å². The Morgan fingerprint density at radius 1 is 1.00 bits per heavy atom. The number of amides is 3. The number of hydrogen-bond acceptors (Lipinski definition) is 5. The molecule has 2 aromatic rings. The van der Waals surface area contributed by atoms with Gasteiger partial charge < -0.3 is 10.1 Å². The number of imide groups is 1. The van der Waals surface area contributed by atoms with Crippen LogP contribution >= 0.6 is 0 Å². The zero-order valence-electron chi connectivity index (χ0n) is 17.6. The van der Waals surface area contributed by atoms with Gasteiger partial charge in [-0.3, -0.25) is 24.6 Å². The van der Waals surface area contributed by atoms with E-state index in [0.29, 0.717) is 18.7 Å².